The van der Waals surface area contributed by atoms with E-state index >= 15 is 0 Å². The van der Waals surface area contributed by atoms with Crippen LogP contribution in [0.3, 0.4) is 0 Å². The first-order chi connectivity index (χ1) is 18.8. The van der Waals surface area contributed by atoms with Crippen LogP contribution in [-0.2, 0) is 11.3 Å². The van der Waals surface area contributed by atoms with Gasteiger partial charge in [-0.25, -0.2) is 4.99 Å². The molecule has 1 aromatic heterocycles. The van der Waals surface area contributed by atoms with Gasteiger partial charge in [-0.3, -0.25) is 14.4 Å². The molecule has 1 atom stereocenters. The van der Waals surface area contributed by atoms with E-state index in [1.807, 2.05) is 24.3 Å². The second kappa shape index (κ2) is 10.4. The molecule has 0 bridgehead atoms. The summed E-state index contributed by atoms with van der Waals surface area (Å²) in [7, 11) is 1.54. The number of nitrogens with two attached hydrogens (primary N) is 1. The van der Waals surface area contributed by atoms with Crippen molar-refractivity contribution in [3.05, 3.63) is 70.9 Å². The fourth-order valence-corrected chi connectivity index (χ4v) is 4.56. The number of amidine groups is 1. The third-order valence-electron chi connectivity index (χ3n) is 6.50. The minimum absolute atomic E-state index is 0.0223. The van der Waals surface area contributed by atoms with Gasteiger partial charge in [0.15, 0.2) is 0 Å². The zero-order chi connectivity index (χ0) is 27.6. The third-order valence-corrected chi connectivity index (χ3v) is 6.50. The number of nitrogens with zero attached hydrogens (tertiary/aromatic N) is 4. The SMILES string of the molecule is COc1ccc2c(c1)C(=O)N(CC1(C#CC3=CC(c4noc(C(N)=O)n4)=CCCCC=C3)N=C(C)NC1=O)C2. The van der Waals surface area contributed by atoms with Crippen LogP contribution in [0.2, 0.25) is 0 Å². The number of rotatable bonds is 5. The van der Waals surface area contributed by atoms with Gasteiger partial charge in [0, 0.05) is 23.3 Å². The Hall–Kier alpha value is -4.98. The van der Waals surface area contributed by atoms with Crippen LogP contribution < -0.4 is 15.8 Å². The van der Waals surface area contributed by atoms with Crippen LogP contribution in [0.1, 0.15) is 58.6 Å². The maximum absolute atomic E-state index is 13.2. The maximum Gasteiger partial charge on any atom is 0.316 e. The fraction of sp³-hybridized carbons (Fsp3) is 0.286. The number of fused-ring (bicyclic) bond motifs is 1. The van der Waals surface area contributed by atoms with Crippen LogP contribution in [0, 0.1) is 11.8 Å². The zero-order valence-electron chi connectivity index (χ0n) is 21.5. The lowest BCUT2D eigenvalue weighted by Crippen LogP contribution is -2.48. The van der Waals surface area contributed by atoms with Gasteiger partial charge in [-0.2, -0.15) is 4.98 Å². The van der Waals surface area contributed by atoms with E-state index in [9.17, 15) is 14.4 Å². The summed E-state index contributed by atoms with van der Waals surface area (Å²) in [6.45, 7) is 1.99. The number of aromatic nitrogens is 2. The van der Waals surface area contributed by atoms with E-state index in [0.717, 1.165) is 24.8 Å². The minimum Gasteiger partial charge on any atom is -0.497 e. The zero-order valence-corrected chi connectivity index (χ0v) is 21.5. The van der Waals surface area contributed by atoms with Crippen LogP contribution in [0.4, 0.5) is 0 Å². The number of allylic oxidation sites excluding steroid dienone is 6. The van der Waals surface area contributed by atoms with Gasteiger partial charge in [0.05, 0.1) is 13.7 Å². The Kier molecular flexibility index (Phi) is 6.85. The van der Waals surface area contributed by atoms with Crippen molar-refractivity contribution in [3.8, 4) is 17.6 Å². The molecule has 1 aliphatic carbocycles. The van der Waals surface area contributed by atoms with Crippen molar-refractivity contribution >= 4 is 29.1 Å². The number of methoxy groups -OCH3 is 1. The quantitative estimate of drug-likeness (QED) is 0.566. The number of ether oxygens (including phenoxy) is 1. The van der Waals surface area contributed by atoms with Gasteiger partial charge in [0.25, 0.3) is 11.8 Å². The van der Waals surface area contributed by atoms with Crippen LogP contribution in [-0.4, -0.2) is 57.8 Å². The number of carbonyl (C=O) groups excluding carboxylic acids is 3. The van der Waals surface area contributed by atoms with Crippen molar-refractivity contribution in [3.63, 3.8) is 0 Å². The molecule has 0 spiro atoms. The Labute approximate surface area is 224 Å². The van der Waals surface area contributed by atoms with E-state index in [1.165, 1.54) is 0 Å². The normalized spacial score (nSPS) is 20.5. The topological polar surface area (TPSA) is 153 Å². The van der Waals surface area contributed by atoms with Crippen molar-refractivity contribution in [2.45, 2.75) is 38.3 Å². The van der Waals surface area contributed by atoms with Gasteiger partial charge in [0.2, 0.25) is 11.4 Å². The Morgan fingerprint density at radius 1 is 1.31 bits per heavy atom. The Morgan fingerprint density at radius 2 is 2.15 bits per heavy atom. The van der Waals surface area contributed by atoms with E-state index < -0.39 is 17.4 Å². The van der Waals surface area contributed by atoms with Gasteiger partial charge in [-0.15, -0.1) is 0 Å². The molecule has 0 saturated carbocycles. The summed E-state index contributed by atoms with van der Waals surface area (Å²) in [5.74, 6) is 5.62. The molecule has 2 aromatic rings. The maximum atomic E-state index is 13.2. The highest BCUT2D eigenvalue weighted by atomic mass is 16.5. The van der Waals surface area contributed by atoms with Gasteiger partial charge in [-0.05, 0) is 50.0 Å². The number of amides is 3. The van der Waals surface area contributed by atoms with Gasteiger partial charge >= 0.3 is 11.8 Å². The largest absolute Gasteiger partial charge is 0.497 e. The highest BCUT2D eigenvalue weighted by Gasteiger charge is 2.45. The molecule has 3 aliphatic rings. The summed E-state index contributed by atoms with van der Waals surface area (Å²) in [5.41, 5.74) is 6.31. The van der Waals surface area contributed by atoms with Crippen molar-refractivity contribution in [2.75, 3.05) is 13.7 Å². The van der Waals surface area contributed by atoms with Crippen LogP contribution in [0.25, 0.3) is 5.57 Å². The number of carbonyl (C=O) groups is 3. The first kappa shape index (κ1) is 25.7. The summed E-state index contributed by atoms with van der Waals surface area (Å²) in [4.78, 5) is 48.0. The molecule has 3 amide bonds. The molecule has 1 unspecified atom stereocenters. The van der Waals surface area contributed by atoms with Crippen molar-refractivity contribution in [2.24, 2.45) is 10.7 Å². The lowest BCUT2D eigenvalue weighted by atomic mass is 9.98. The van der Waals surface area contributed by atoms with E-state index in [-0.39, 0.29) is 24.2 Å². The number of hydrogen-bond acceptors (Lipinski definition) is 8. The summed E-state index contributed by atoms with van der Waals surface area (Å²) in [5, 5.41) is 6.60. The average molecular weight is 527 g/mol. The van der Waals surface area contributed by atoms with E-state index in [0.29, 0.717) is 34.8 Å². The molecule has 0 fully saturated rings. The lowest BCUT2D eigenvalue weighted by molar-refractivity contribution is -0.122. The predicted molar refractivity (Wildman–Crippen MR) is 141 cm³/mol. The smallest absolute Gasteiger partial charge is 0.316 e. The monoisotopic (exact) mass is 526 g/mol. The predicted octanol–water partition coefficient (Wildman–Crippen LogP) is 2.17. The molecule has 0 radical (unpaired) electrons. The molecule has 198 valence electrons. The number of nitrogens with one attached hydrogen (secondary N) is 1. The molecule has 11 nitrogen and oxygen atoms in total. The molecule has 11 heteroatoms. The molecule has 3 N–H and O–H groups in total. The number of primary amides is 1. The summed E-state index contributed by atoms with van der Waals surface area (Å²) in [6, 6.07) is 5.34. The van der Waals surface area contributed by atoms with E-state index in [4.69, 9.17) is 15.0 Å². The van der Waals surface area contributed by atoms with E-state index in [2.05, 4.69) is 32.3 Å². The highest BCUT2D eigenvalue weighted by molar-refractivity contribution is 6.10. The summed E-state index contributed by atoms with van der Waals surface area (Å²) in [6.07, 6.45) is 9.97. The fourth-order valence-electron chi connectivity index (χ4n) is 4.56. The number of benzene rings is 1. The molecule has 0 saturated heterocycles. The first-order valence-corrected chi connectivity index (χ1v) is 12.4. The van der Waals surface area contributed by atoms with Gasteiger partial charge in [-0.1, -0.05) is 41.3 Å². The molecule has 3 heterocycles. The average Bonchev–Trinajstić information content (AvgIpc) is 3.61. The minimum atomic E-state index is -1.49. The summed E-state index contributed by atoms with van der Waals surface area (Å²) >= 11 is 0. The van der Waals surface area contributed by atoms with Crippen molar-refractivity contribution < 1.29 is 23.6 Å². The van der Waals surface area contributed by atoms with Gasteiger partial charge < -0.3 is 25.2 Å². The lowest BCUT2D eigenvalue weighted by Gasteiger charge is -2.24. The number of aliphatic imine (C=N–C) groups is 1. The molecular weight excluding hydrogens is 500 g/mol. The van der Waals surface area contributed by atoms with Crippen molar-refractivity contribution in [1.82, 2.24) is 20.4 Å². The Morgan fingerprint density at radius 3 is 2.87 bits per heavy atom. The van der Waals surface area contributed by atoms with Crippen LogP contribution in [0.5, 0.6) is 5.75 Å². The van der Waals surface area contributed by atoms with Crippen LogP contribution in [0.15, 0.2) is 57.6 Å². The van der Waals surface area contributed by atoms with Crippen molar-refractivity contribution in [1.29, 1.82) is 0 Å². The standard InChI is InChI=1S/C28H26N6O5/c1-17-30-27(37)28(32-17,16-34-15-20-9-10-21(38-2)14-22(20)26(34)36)12-11-18-7-5-3-4-6-8-19(13-18)24-31-25(23(29)35)39-33-24/h5,7-10,13-14H,3-4,6,15-16H2,1-2H3,(H2,29,35)(H,30,32,37). The molecule has 2 aliphatic heterocycles. The summed E-state index contributed by atoms with van der Waals surface area (Å²) < 4.78 is 10.2. The Balaban J connectivity index is 1.48. The molecule has 5 rings (SSSR count). The van der Waals surface area contributed by atoms with Gasteiger partial charge in [0.1, 0.15) is 11.6 Å². The molecule has 39 heavy (non-hydrogen) atoms. The molecular formula is C28H26N6O5. The van der Waals surface area contributed by atoms with E-state index in [1.54, 1.807) is 37.1 Å². The second-order valence-electron chi connectivity index (χ2n) is 9.33. The number of hydrogen-bond donors (Lipinski definition) is 2. The highest BCUT2D eigenvalue weighted by Crippen LogP contribution is 2.30. The second-order valence-corrected chi connectivity index (χ2v) is 9.33. The Bertz CT molecular complexity index is 1550. The third kappa shape index (κ3) is 5.22. The van der Waals surface area contributed by atoms with Crippen LogP contribution >= 0.6 is 0 Å². The molecule has 1 aromatic carbocycles. The first-order valence-electron chi connectivity index (χ1n) is 12.4.